The molecule has 8 nitrogen and oxygen atoms in total. The van der Waals surface area contributed by atoms with Gasteiger partial charge in [-0.2, -0.15) is 10.4 Å². The highest BCUT2D eigenvalue weighted by atomic mass is 16.5. The molecule has 0 fully saturated rings. The molecule has 42 heavy (non-hydrogen) atoms. The van der Waals surface area contributed by atoms with Crippen molar-refractivity contribution >= 4 is 17.3 Å². The summed E-state index contributed by atoms with van der Waals surface area (Å²) in [5.41, 5.74) is 11.9. The minimum absolute atomic E-state index is 0.201. The topological polar surface area (TPSA) is 115 Å². The first-order chi connectivity index (χ1) is 20.5. The molecule has 1 heterocycles. The number of benzene rings is 4. The molecule has 0 saturated carbocycles. The van der Waals surface area contributed by atoms with E-state index in [0.717, 1.165) is 28.9 Å². The minimum atomic E-state index is -0.457. The van der Waals surface area contributed by atoms with Gasteiger partial charge in [-0.1, -0.05) is 73.7 Å². The molecule has 5 rings (SSSR count). The molecule has 1 amide bonds. The number of hydrogen-bond donors (Lipinski definition) is 2. The molecular weight excluding hydrogens is 526 g/mol. The predicted octanol–water partition coefficient (Wildman–Crippen LogP) is 6.45. The number of methoxy groups -OCH3 is 1. The van der Waals surface area contributed by atoms with Crippen molar-refractivity contribution in [3.05, 3.63) is 125 Å². The number of ether oxygens (including phenoxy) is 2. The molecule has 1 aromatic heterocycles. The van der Waals surface area contributed by atoms with E-state index in [2.05, 4.69) is 30.4 Å². The molecule has 8 heteroatoms. The Morgan fingerprint density at radius 3 is 2.31 bits per heavy atom. The molecule has 0 aliphatic rings. The van der Waals surface area contributed by atoms with Crippen molar-refractivity contribution in [2.45, 2.75) is 26.5 Å². The summed E-state index contributed by atoms with van der Waals surface area (Å²) in [6.45, 7) is 2.65. The fraction of sp³-hybridized carbons (Fsp3) is 0.147. The molecule has 0 aliphatic carbocycles. The maximum absolute atomic E-state index is 14.0. The zero-order chi connectivity index (χ0) is 29.5. The number of nitrogen functional groups attached to an aromatic ring is 1. The lowest BCUT2D eigenvalue weighted by molar-refractivity contribution is 0.101. The lowest BCUT2D eigenvalue weighted by Gasteiger charge is -2.13. The van der Waals surface area contributed by atoms with Gasteiger partial charge in [-0.05, 0) is 53.4 Å². The van der Waals surface area contributed by atoms with E-state index in [4.69, 9.17) is 20.3 Å². The van der Waals surface area contributed by atoms with Crippen LogP contribution in [0.3, 0.4) is 0 Å². The van der Waals surface area contributed by atoms with Gasteiger partial charge in [0.15, 0.2) is 11.4 Å². The quantitative estimate of drug-likeness (QED) is 0.191. The number of aryl methyl sites for hydroxylation is 1. The smallest absolute Gasteiger partial charge is 0.277 e. The number of carbonyl (C=O) groups is 1. The van der Waals surface area contributed by atoms with Crippen LogP contribution < -0.4 is 20.5 Å². The van der Waals surface area contributed by atoms with Gasteiger partial charge >= 0.3 is 0 Å². The van der Waals surface area contributed by atoms with Gasteiger partial charge in [0, 0.05) is 5.56 Å². The van der Waals surface area contributed by atoms with Crippen LogP contribution in [0.4, 0.5) is 11.4 Å². The third-order valence-electron chi connectivity index (χ3n) is 6.91. The van der Waals surface area contributed by atoms with Crippen LogP contribution in [0.15, 0.2) is 97.1 Å². The number of aromatic nitrogens is 2. The van der Waals surface area contributed by atoms with E-state index in [1.165, 1.54) is 5.56 Å². The average molecular weight is 558 g/mol. The van der Waals surface area contributed by atoms with Gasteiger partial charge in [0.2, 0.25) is 0 Å². The Kier molecular flexibility index (Phi) is 8.50. The fourth-order valence-corrected chi connectivity index (χ4v) is 4.55. The second-order valence-corrected chi connectivity index (χ2v) is 9.72. The summed E-state index contributed by atoms with van der Waals surface area (Å²) in [6.07, 6.45) is 0.931. The van der Waals surface area contributed by atoms with Crippen LogP contribution in [0, 0.1) is 11.3 Å². The van der Waals surface area contributed by atoms with E-state index >= 15 is 0 Å². The lowest BCUT2D eigenvalue weighted by Crippen LogP contribution is -2.20. The summed E-state index contributed by atoms with van der Waals surface area (Å²) in [5, 5.41) is 17.2. The van der Waals surface area contributed by atoms with Crippen LogP contribution in [0.1, 0.15) is 39.7 Å². The number of anilines is 2. The molecule has 0 saturated heterocycles. The minimum Gasteiger partial charge on any atom is -0.497 e. The number of nitrogens with zero attached hydrogens (tertiary/aromatic N) is 3. The number of carbonyl (C=O) groups excluding carboxylic acids is 1. The highest BCUT2D eigenvalue weighted by molar-refractivity contribution is 6.07. The molecular formula is C34H31N5O3. The first kappa shape index (κ1) is 28.0. The highest BCUT2D eigenvalue weighted by Crippen LogP contribution is 2.35. The highest BCUT2D eigenvalue weighted by Gasteiger charge is 2.27. The number of nitrogens with two attached hydrogens (primary N) is 1. The van der Waals surface area contributed by atoms with Crippen molar-refractivity contribution in [3.8, 4) is 28.8 Å². The molecule has 0 spiro atoms. The summed E-state index contributed by atoms with van der Waals surface area (Å²) >= 11 is 0. The van der Waals surface area contributed by atoms with Gasteiger partial charge in [0.25, 0.3) is 5.91 Å². The SMILES string of the molecule is CCc1ccc(Cn2nc(-c3ccccc3)c(OCc3ccc(OC)cc3)c2C(=O)Nc2cc(C#N)ccc2N)cc1. The van der Waals surface area contributed by atoms with Gasteiger partial charge in [-0.25, -0.2) is 0 Å². The third kappa shape index (κ3) is 6.26. The number of hydrogen-bond acceptors (Lipinski definition) is 6. The van der Waals surface area contributed by atoms with Gasteiger partial charge in [0.05, 0.1) is 36.7 Å². The van der Waals surface area contributed by atoms with E-state index in [-0.39, 0.29) is 12.3 Å². The average Bonchev–Trinajstić information content (AvgIpc) is 3.40. The second-order valence-electron chi connectivity index (χ2n) is 9.72. The maximum atomic E-state index is 14.0. The number of rotatable bonds is 10. The Bertz CT molecular complexity index is 1720. The Labute approximate surface area is 244 Å². The van der Waals surface area contributed by atoms with Crippen molar-refractivity contribution < 1.29 is 14.3 Å². The molecule has 5 aromatic rings. The number of nitriles is 1. The zero-order valence-electron chi connectivity index (χ0n) is 23.5. The van der Waals surface area contributed by atoms with Crippen LogP contribution in [0.5, 0.6) is 11.5 Å². The Morgan fingerprint density at radius 2 is 1.64 bits per heavy atom. The first-order valence-corrected chi connectivity index (χ1v) is 13.6. The van der Waals surface area contributed by atoms with Crippen molar-refractivity contribution in [2.75, 3.05) is 18.2 Å². The number of nitrogens with one attached hydrogen (secondary N) is 1. The van der Waals surface area contributed by atoms with Crippen molar-refractivity contribution in [1.29, 1.82) is 5.26 Å². The van der Waals surface area contributed by atoms with Crippen molar-refractivity contribution in [2.24, 2.45) is 0 Å². The molecule has 4 aromatic carbocycles. The first-order valence-electron chi connectivity index (χ1n) is 13.6. The maximum Gasteiger partial charge on any atom is 0.277 e. The largest absolute Gasteiger partial charge is 0.497 e. The molecule has 210 valence electrons. The third-order valence-corrected chi connectivity index (χ3v) is 6.91. The van der Waals surface area contributed by atoms with Crippen LogP contribution in [-0.4, -0.2) is 22.8 Å². The lowest BCUT2D eigenvalue weighted by atomic mass is 10.1. The van der Waals surface area contributed by atoms with Gasteiger partial charge < -0.3 is 20.5 Å². The standard InChI is InChI=1S/C34H31N5O3/c1-3-23-9-11-24(12-10-23)21-39-32(34(40)37-30-19-26(20-35)15-18-29(30)36)33(31(38-39)27-7-5-4-6-8-27)42-22-25-13-16-28(41-2)17-14-25/h4-19H,3,21-22,36H2,1-2H3,(H,37,40). The van der Waals surface area contributed by atoms with Crippen molar-refractivity contribution in [1.82, 2.24) is 9.78 Å². The fourth-order valence-electron chi connectivity index (χ4n) is 4.55. The van der Waals surface area contributed by atoms with Crippen LogP contribution in [0.2, 0.25) is 0 Å². The molecule has 3 N–H and O–H groups in total. The Balaban J connectivity index is 1.60. The molecule has 0 bridgehead atoms. The van der Waals surface area contributed by atoms with E-state index in [9.17, 15) is 10.1 Å². The van der Waals surface area contributed by atoms with Crippen LogP contribution in [-0.2, 0) is 19.6 Å². The second kappa shape index (κ2) is 12.7. The summed E-state index contributed by atoms with van der Waals surface area (Å²) < 4.78 is 13.3. The number of amides is 1. The molecule has 0 aliphatic heterocycles. The molecule has 0 radical (unpaired) electrons. The van der Waals surface area contributed by atoms with Crippen LogP contribution in [0.25, 0.3) is 11.3 Å². The monoisotopic (exact) mass is 557 g/mol. The molecule has 0 unspecified atom stereocenters. The van der Waals surface area contributed by atoms with Crippen LogP contribution >= 0.6 is 0 Å². The van der Waals surface area contributed by atoms with Gasteiger partial charge in [-0.3, -0.25) is 9.48 Å². The zero-order valence-corrected chi connectivity index (χ0v) is 23.5. The summed E-state index contributed by atoms with van der Waals surface area (Å²) in [7, 11) is 1.62. The predicted molar refractivity (Wildman–Crippen MR) is 163 cm³/mol. The van der Waals surface area contributed by atoms with E-state index in [1.54, 1.807) is 30.0 Å². The summed E-state index contributed by atoms with van der Waals surface area (Å²) in [6, 6.07) is 32.2. The van der Waals surface area contributed by atoms with E-state index in [1.807, 2.05) is 66.7 Å². The van der Waals surface area contributed by atoms with Gasteiger partial charge in [-0.15, -0.1) is 0 Å². The summed E-state index contributed by atoms with van der Waals surface area (Å²) in [4.78, 5) is 14.0. The summed E-state index contributed by atoms with van der Waals surface area (Å²) in [5.74, 6) is 0.624. The Hall–Kier alpha value is -5.55. The normalized spacial score (nSPS) is 10.6. The van der Waals surface area contributed by atoms with E-state index in [0.29, 0.717) is 34.9 Å². The van der Waals surface area contributed by atoms with Gasteiger partial charge in [0.1, 0.15) is 18.1 Å². The molecule has 0 atom stereocenters. The van der Waals surface area contributed by atoms with E-state index < -0.39 is 5.91 Å². The van der Waals surface area contributed by atoms with Crippen molar-refractivity contribution in [3.63, 3.8) is 0 Å². The Morgan fingerprint density at radius 1 is 0.952 bits per heavy atom.